The maximum absolute atomic E-state index is 12.5. The number of ether oxygens (including phenoxy) is 4. The van der Waals surface area contributed by atoms with Crippen LogP contribution in [0.15, 0.2) is 41.0 Å². The number of hydrogen-bond acceptors (Lipinski definition) is 8. The number of hydrogen-bond donors (Lipinski definition) is 2. The van der Waals surface area contributed by atoms with Crippen LogP contribution in [0.1, 0.15) is 25.3 Å². The molecule has 1 atom stereocenters. The van der Waals surface area contributed by atoms with Gasteiger partial charge in [-0.25, -0.2) is 4.79 Å². The van der Waals surface area contributed by atoms with Gasteiger partial charge in [-0.05, 0) is 31.5 Å². The van der Waals surface area contributed by atoms with Crippen molar-refractivity contribution in [2.75, 3.05) is 20.3 Å². The molecule has 9 nitrogen and oxygen atoms in total. The van der Waals surface area contributed by atoms with E-state index in [4.69, 9.17) is 30.4 Å². The molecule has 1 unspecified atom stereocenters. The molecule has 0 aliphatic carbocycles. The molecule has 0 radical (unpaired) electrons. The Bertz CT molecular complexity index is 897. The van der Waals surface area contributed by atoms with Crippen molar-refractivity contribution in [3.05, 3.63) is 46.6 Å². The third kappa shape index (κ3) is 4.17. The van der Waals surface area contributed by atoms with E-state index in [2.05, 4.69) is 0 Å². The number of methoxy groups -OCH3 is 1. The second kappa shape index (κ2) is 8.81. The van der Waals surface area contributed by atoms with Gasteiger partial charge in [0.1, 0.15) is 17.4 Å². The van der Waals surface area contributed by atoms with Crippen molar-refractivity contribution in [3.63, 3.8) is 0 Å². The summed E-state index contributed by atoms with van der Waals surface area (Å²) in [6.45, 7) is 3.08. The molecule has 148 valence electrons. The first-order chi connectivity index (χ1) is 13.3. The molecular formula is C19H21N3O6. The van der Waals surface area contributed by atoms with Gasteiger partial charge in [0.2, 0.25) is 5.88 Å². The summed E-state index contributed by atoms with van der Waals surface area (Å²) in [7, 11) is 1.42. The average Bonchev–Trinajstić information content (AvgIpc) is 2.65. The number of nitriles is 1. The molecule has 0 spiro atoms. The fraction of sp³-hybridized carbons (Fsp3) is 0.316. The Kier molecular flexibility index (Phi) is 6.50. The minimum atomic E-state index is -0.808. The molecule has 1 heterocycles. The van der Waals surface area contributed by atoms with E-state index in [1.165, 1.54) is 7.11 Å². The Hall–Kier alpha value is -3.67. The van der Waals surface area contributed by atoms with Crippen molar-refractivity contribution in [1.82, 2.24) is 0 Å². The van der Waals surface area contributed by atoms with Crippen LogP contribution in [0.5, 0.6) is 11.5 Å². The van der Waals surface area contributed by atoms with E-state index in [-0.39, 0.29) is 41.8 Å². The van der Waals surface area contributed by atoms with Crippen LogP contribution in [0.4, 0.5) is 0 Å². The number of rotatable bonds is 7. The molecule has 28 heavy (non-hydrogen) atoms. The molecule has 9 heteroatoms. The summed E-state index contributed by atoms with van der Waals surface area (Å²) in [5.41, 5.74) is 11.7. The monoisotopic (exact) mass is 387 g/mol. The van der Waals surface area contributed by atoms with Crippen molar-refractivity contribution in [3.8, 4) is 17.6 Å². The molecule has 0 bridgehead atoms. The Morgan fingerprint density at radius 2 is 2.04 bits per heavy atom. The molecular weight excluding hydrogens is 366 g/mol. The largest absolute Gasteiger partial charge is 0.493 e. The number of primary amides is 1. The number of allylic oxidation sites excluding steroid dienone is 2. The lowest BCUT2D eigenvalue weighted by Gasteiger charge is -2.27. The van der Waals surface area contributed by atoms with Crippen molar-refractivity contribution in [2.45, 2.75) is 19.8 Å². The van der Waals surface area contributed by atoms with Gasteiger partial charge in [0, 0.05) is 0 Å². The van der Waals surface area contributed by atoms with Gasteiger partial charge in [-0.1, -0.05) is 6.07 Å². The fourth-order valence-electron chi connectivity index (χ4n) is 2.82. The molecule has 0 saturated carbocycles. The molecule has 1 aliphatic rings. The molecule has 4 N–H and O–H groups in total. The number of amides is 1. The van der Waals surface area contributed by atoms with E-state index in [1.807, 2.05) is 6.07 Å². The van der Waals surface area contributed by atoms with E-state index in [1.54, 1.807) is 32.0 Å². The van der Waals surface area contributed by atoms with Crippen molar-refractivity contribution < 1.29 is 28.5 Å². The second-order valence-corrected chi connectivity index (χ2v) is 5.78. The third-order valence-electron chi connectivity index (χ3n) is 3.99. The maximum atomic E-state index is 12.5. The van der Waals surface area contributed by atoms with Gasteiger partial charge in [0.05, 0.1) is 25.2 Å². The lowest BCUT2D eigenvalue weighted by atomic mass is 9.83. The minimum absolute atomic E-state index is 0.0708. The van der Waals surface area contributed by atoms with Crippen LogP contribution in [-0.2, 0) is 19.1 Å². The number of nitrogens with zero attached hydrogens (tertiary/aromatic N) is 1. The van der Waals surface area contributed by atoms with Crippen molar-refractivity contribution in [2.24, 2.45) is 11.5 Å². The highest BCUT2D eigenvalue weighted by Crippen LogP contribution is 2.42. The van der Waals surface area contributed by atoms with Crippen LogP contribution in [0.3, 0.4) is 0 Å². The number of carbonyl (C=O) groups excluding carboxylic acids is 2. The SMILES string of the molecule is CCOC(=O)C1=C(C)OC(N)=C(C#N)C1c1ccc(OCC(N)=O)c(OC)c1. The molecule has 1 aromatic rings. The number of carbonyl (C=O) groups is 2. The first-order valence-corrected chi connectivity index (χ1v) is 8.38. The zero-order chi connectivity index (χ0) is 20.8. The quantitative estimate of drug-likeness (QED) is 0.663. The Morgan fingerprint density at radius 1 is 1.32 bits per heavy atom. The highest BCUT2D eigenvalue weighted by Gasteiger charge is 2.36. The van der Waals surface area contributed by atoms with E-state index >= 15 is 0 Å². The predicted molar refractivity (Wildman–Crippen MR) is 97.7 cm³/mol. The van der Waals surface area contributed by atoms with Crippen LogP contribution >= 0.6 is 0 Å². The summed E-state index contributed by atoms with van der Waals surface area (Å²) in [6, 6.07) is 6.77. The van der Waals surface area contributed by atoms with E-state index < -0.39 is 17.8 Å². The fourth-order valence-corrected chi connectivity index (χ4v) is 2.82. The van der Waals surface area contributed by atoms with Gasteiger partial charge in [-0.3, -0.25) is 4.79 Å². The molecule has 1 aliphatic heterocycles. The van der Waals surface area contributed by atoms with Crippen LogP contribution in [0.25, 0.3) is 0 Å². The van der Waals surface area contributed by atoms with Gasteiger partial charge in [0.15, 0.2) is 18.1 Å². The van der Waals surface area contributed by atoms with Crippen molar-refractivity contribution in [1.29, 1.82) is 5.26 Å². The highest BCUT2D eigenvalue weighted by molar-refractivity contribution is 5.92. The lowest BCUT2D eigenvalue weighted by molar-refractivity contribution is -0.139. The minimum Gasteiger partial charge on any atom is -0.493 e. The molecule has 2 rings (SSSR count). The number of nitrogens with two attached hydrogens (primary N) is 2. The van der Waals surface area contributed by atoms with E-state index in [9.17, 15) is 14.9 Å². The Labute approximate surface area is 162 Å². The first-order valence-electron chi connectivity index (χ1n) is 8.38. The van der Waals surface area contributed by atoms with E-state index in [0.29, 0.717) is 11.3 Å². The molecule has 1 amide bonds. The molecule has 0 saturated heterocycles. The zero-order valence-corrected chi connectivity index (χ0v) is 15.8. The van der Waals surface area contributed by atoms with Gasteiger partial charge in [-0.15, -0.1) is 0 Å². The van der Waals surface area contributed by atoms with Gasteiger partial charge >= 0.3 is 5.97 Å². The van der Waals surface area contributed by atoms with E-state index in [0.717, 1.165) is 0 Å². The van der Waals surface area contributed by atoms with Crippen LogP contribution in [0.2, 0.25) is 0 Å². The molecule has 0 fully saturated rings. The number of esters is 1. The third-order valence-corrected chi connectivity index (χ3v) is 3.99. The summed E-state index contributed by atoms with van der Waals surface area (Å²) in [5, 5.41) is 9.59. The Morgan fingerprint density at radius 3 is 2.61 bits per heavy atom. The maximum Gasteiger partial charge on any atom is 0.338 e. The van der Waals surface area contributed by atoms with Gasteiger partial charge in [0.25, 0.3) is 5.91 Å². The standard InChI is InChI=1S/C19H21N3O6/c1-4-26-19(24)16-10(2)28-18(22)12(8-20)17(16)11-5-6-13(14(7-11)25-3)27-9-15(21)23/h5-7,17H,4,9,22H2,1-3H3,(H2,21,23). The normalized spacial score (nSPS) is 16.1. The topological polar surface area (TPSA) is 147 Å². The summed E-state index contributed by atoms with van der Waals surface area (Å²) < 4.78 is 21.1. The number of benzene rings is 1. The van der Waals surface area contributed by atoms with Crippen molar-refractivity contribution >= 4 is 11.9 Å². The van der Waals surface area contributed by atoms with Gasteiger partial charge in [-0.2, -0.15) is 5.26 Å². The highest BCUT2D eigenvalue weighted by atomic mass is 16.5. The lowest BCUT2D eigenvalue weighted by Crippen LogP contribution is -2.25. The summed E-state index contributed by atoms with van der Waals surface area (Å²) >= 11 is 0. The first kappa shape index (κ1) is 20.6. The zero-order valence-electron chi connectivity index (χ0n) is 15.8. The predicted octanol–water partition coefficient (Wildman–Crippen LogP) is 1.20. The van der Waals surface area contributed by atoms with Gasteiger partial charge < -0.3 is 30.4 Å². The van der Waals surface area contributed by atoms with Crippen LogP contribution < -0.4 is 20.9 Å². The summed E-state index contributed by atoms with van der Waals surface area (Å²) in [4.78, 5) is 23.5. The average molecular weight is 387 g/mol. The second-order valence-electron chi connectivity index (χ2n) is 5.78. The molecule has 1 aromatic carbocycles. The summed E-state index contributed by atoms with van der Waals surface area (Å²) in [5.74, 6) is -1.33. The summed E-state index contributed by atoms with van der Waals surface area (Å²) in [6.07, 6.45) is 0. The smallest absolute Gasteiger partial charge is 0.338 e. The molecule has 0 aromatic heterocycles. The van der Waals surface area contributed by atoms with Crippen LogP contribution in [-0.4, -0.2) is 32.2 Å². The van der Waals surface area contributed by atoms with Crippen LogP contribution in [0, 0.1) is 11.3 Å². The Balaban J connectivity index is 2.56.